The molecule has 2 rings (SSSR count). The number of benzene rings is 2. The van der Waals surface area contributed by atoms with Crippen LogP contribution < -0.4 is 11.1 Å². The van der Waals surface area contributed by atoms with Crippen molar-refractivity contribution in [3.05, 3.63) is 59.4 Å². The van der Waals surface area contributed by atoms with Gasteiger partial charge >= 0.3 is 0 Å². The molecule has 0 saturated carbocycles. The van der Waals surface area contributed by atoms with Gasteiger partial charge in [0.05, 0.1) is 6.42 Å². The van der Waals surface area contributed by atoms with Crippen LogP contribution in [0.2, 0.25) is 0 Å². The van der Waals surface area contributed by atoms with Crippen molar-refractivity contribution in [1.29, 1.82) is 0 Å². The molecule has 0 atom stereocenters. The lowest BCUT2D eigenvalue weighted by Crippen LogP contribution is -2.15. The van der Waals surface area contributed by atoms with Crippen LogP contribution in [0.15, 0.2) is 42.5 Å². The molecule has 0 aromatic heterocycles. The van der Waals surface area contributed by atoms with Crippen molar-refractivity contribution in [3.8, 4) is 0 Å². The van der Waals surface area contributed by atoms with Gasteiger partial charge in [0.25, 0.3) is 0 Å². The first kappa shape index (κ1) is 13.1. The fourth-order valence-corrected chi connectivity index (χ4v) is 1.80. The molecule has 0 fully saturated rings. The first-order valence-corrected chi connectivity index (χ1v) is 5.95. The maximum absolute atomic E-state index is 13.0. The van der Waals surface area contributed by atoms with Gasteiger partial charge in [0.1, 0.15) is 5.82 Å². The van der Waals surface area contributed by atoms with Gasteiger partial charge in [-0.15, -0.1) is 0 Å². The van der Waals surface area contributed by atoms with E-state index in [1.807, 2.05) is 13.0 Å². The Hall–Kier alpha value is -2.36. The third-order valence-electron chi connectivity index (χ3n) is 2.79. The number of nitrogens with two attached hydrogens (primary N) is 1. The zero-order valence-electron chi connectivity index (χ0n) is 10.6. The van der Waals surface area contributed by atoms with E-state index < -0.39 is 0 Å². The summed E-state index contributed by atoms with van der Waals surface area (Å²) in [6, 6.07) is 11.3. The standard InChI is InChI=1S/C15H15FN2O/c1-10-5-6-13(17)9-14(10)18-15(19)8-11-3-2-4-12(16)7-11/h2-7,9H,8,17H2,1H3,(H,18,19). The van der Waals surface area contributed by atoms with E-state index in [2.05, 4.69) is 5.32 Å². The maximum atomic E-state index is 13.0. The lowest BCUT2D eigenvalue weighted by molar-refractivity contribution is -0.115. The minimum Gasteiger partial charge on any atom is -0.399 e. The van der Waals surface area contributed by atoms with E-state index in [9.17, 15) is 9.18 Å². The number of aryl methyl sites for hydroxylation is 1. The number of rotatable bonds is 3. The molecule has 0 spiro atoms. The number of nitrogens with one attached hydrogen (secondary N) is 1. The normalized spacial score (nSPS) is 10.2. The second-order valence-corrected chi connectivity index (χ2v) is 4.43. The van der Waals surface area contributed by atoms with Crippen molar-refractivity contribution in [1.82, 2.24) is 0 Å². The van der Waals surface area contributed by atoms with Gasteiger partial charge in [-0.05, 0) is 42.3 Å². The van der Waals surface area contributed by atoms with Gasteiger partial charge in [-0.25, -0.2) is 4.39 Å². The van der Waals surface area contributed by atoms with Crippen LogP contribution in [-0.4, -0.2) is 5.91 Å². The molecule has 2 aromatic rings. The first-order valence-electron chi connectivity index (χ1n) is 5.95. The lowest BCUT2D eigenvalue weighted by Gasteiger charge is -2.09. The molecule has 0 aliphatic rings. The third kappa shape index (κ3) is 3.55. The molecule has 0 bridgehead atoms. The fraction of sp³-hybridized carbons (Fsp3) is 0.133. The molecule has 0 aliphatic heterocycles. The minimum absolute atomic E-state index is 0.131. The zero-order valence-corrected chi connectivity index (χ0v) is 10.6. The van der Waals surface area contributed by atoms with Crippen LogP contribution in [0.3, 0.4) is 0 Å². The van der Waals surface area contributed by atoms with Crippen LogP contribution in [0.25, 0.3) is 0 Å². The summed E-state index contributed by atoms with van der Waals surface area (Å²) >= 11 is 0. The zero-order chi connectivity index (χ0) is 13.8. The molecule has 0 aliphatic carbocycles. The minimum atomic E-state index is -0.342. The highest BCUT2D eigenvalue weighted by atomic mass is 19.1. The summed E-state index contributed by atoms with van der Waals surface area (Å²) in [5.74, 6) is -0.537. The average Bonchev–Trinajstić information content (AvgIpc) is 2.34. The quantitative estimate of drug-likeness (QED) is 0.832. The largest absolute Gasteiger partial charge is 0.399 e. The highest BCUT2D eigenvalue weighted by Crippen LogP contribution is 2.18. The van der Waals surface area contributed by atoms with Crippen molar-refractivity contribution in [2.24, 2.45) is 0 Å². The van der Waals surface area contributed by atoms with Crippen LogP contribution >= 0.6 is 0 Å². The average molecular weight is 258 g/mol. The molecular weight excluding hydrogens is 243 g/mol. The predicted octanol–water partition coefficient (Wildman–Crippen LogP) is 2.90. The Kier molecular flexibility index (Phi) is 3.80. The molecule has 0 unspecified atom stereocenters. The van der Waals surface area contributed by atoms with Gasteiger partial charge in [-0.1, -0.05) is 18.2 Å². The summed E-state index contributed by atoms with van der Waals surface area (Å²) in [6.45, 7) is 1.89. The SMILES string of the molecule is Cc1ccc(N)cc1NC(=O)Cc1cccc(F)c1. The monoisotopic (exact) mass is 258 g/mol. The van der Waals surface area contributed by atoms with Gasteiger partial charge in [0, 0.05) is 11.4 Å². The Bertz CT molecular complexity index is 611. The molecule has 4 heteroatoms. The number of anilines is 2. The van der Waals surface area contributed by atoms with Gasteiger partial charge in [-0.3, -0.25) is 4.79 Å². The van der Waals surface area contributed by atoms with Crippen LogP contribution in [0.4, 0.5) is 15.8 Å². The van der Waals surface area contributed by atoms with Crippen LogP contribution in [0, 0.1) is 12.7 Å². The van der Waals surface area contributed by atoms with E-state index in [0.29, 0.717) is 16.9 Å². The van der Waals surface area contributed by atoms with E-state index in [0.717, 1.165) is 5.56 Å². The number of hydrogen-bond donors (Lipinski definition) is 2. The van der Waals surface area contributed by atoms with E-state index >= 15 is 0 Å². The summed E-state index contributed by atoms with van der Waals surface area (Å²) in [4.78, 5) is 11.9. The second kappa shape index (κ2) is 5.52. The molecule has 0 saturated heterocycles. The van der Waals surface area contributed by atoms with Crippen LogP contribution in [-0.2, 0) is 11.2 Å². The fourth-order valence-electron chi connectivity index (χ4n) is 1.80. The van der Waals surface area contributed by atoms with Crippen molar-refractivity contribution in [2.75, 3.05) is 11.1 Å². The van der Waals surface area contributed by atoms with Crippen molar-refractivity contribution >= 4 is 17.3 Å². The molecule has 98 valence electrons. The highest BCUT2D eigenvalue weighted by Gasteiger charge is 2.07. The number of nitrogen functional groups attached to an aromatic ring is 1. The van der Waals surface area contributed by atoms with Gasteiger partial charge in [0.15, 0.2) is 0 Å². The maximum Gasteiger partial charge on any atom is 0.228 e. The van der Waals surface area contributed by atoms with Crippen molar-refractivity contribution in [3.63, 3.8) is 0 Å². The molecule has 1 amide bonds. The summed E-state index contributed by atoms with van der Waals surface area (Å²) < 4.78 is 13.0. The van der Waals surface area contributed by atoms with Crippen LogP contribution in [0.5, 0.6) is 0 Å². The van der Waals surface area contributed by atoms with Crippen molar-refractivity contribution in [2.45, 2.75) is 13.3 Å². The molecule has 2 aromatic carbocycles. The molecule has 3 N–H and O–H groups in total. The third-order valence-corrected chi connectivity index (χ3v) is 2.79. The number of carbonyl (C=O) groups is 1. The molecular formula is C15H15FN2O. The Morgan fingerprint density at radius 3 is 2.79 bits per heavy atom. The van der Waals surface area contributed by atoms with Gasteiger partial charge in [0.2, 0.25) is 5.91 Å². The predicted molar refractivity (Wildman–Crippen MR) is 74.3 cm³/mol. The molecule has 3 nitrogen and oxygen atoms in total. The Morgan fingerprint density at radius 1 is 1.26 bits per heavy atom. The summed E-state index contributed by atoms with van der Waals surface area (Å²) in [6.07, 6.45) is 0.131. The topological polar surface area (TPSA) is 55.1 Å². The van der Waals surface area contributed by atoms with Crippen molar-refractivity contribution < 1.29 is 9.18 Å². The van der Waals surface area contributed by atoms with Gasteiger partial charge < -0.3 is 11.1 Å². The summed E-state index contributed by atoms with van der Waals surface area (Å²) in [5.41, 5.74) is 8.52. The summed E-state index contributed by atoms with van der Waals surface area (Å²) in [5, 5.41) is 2.78. The van der Waals surface area contributed by atoms with Crippen LogP contribution in [0.1, 0.15) is 11.1 Å². The second-order valence-electron chi connectivity index (χ2n) is 4.43. The molecule has 19 heavy (non-hydrogen) atoms. The lowest BCUT2D eigenvalue weighted by atomic mass is 10.1. The van der Waals surface area contributed by atoms with E-state index in [-0.39, 0.29) is 18.1 Å². The number of halogens is 1. The Labute approximate surface area is 111 Å². The van der Waals surface area contributed by atoms with E-state index in [4.69, 9.17) is 5.73 Å². The first-order chi connectivity index (χ1) is 9.04. The van der Waals surface area contributed by atoms with E-state index in [1.54, 1.807) is 24.3 Å². The van der Waals surface area contributed by atoms with E-state index in [1.165, 1.54) is 12.1 Å². The molecule has 0 radical (unpaired) electrons. The molecule has 0 heterocycles. The highest BCUT2D eigenvalue weighted by molar-refractivity contribution is 5.93. The Morgan fingerprint density at radius 2 is 2.05 bits per heavy atom. The number of amides is 1. The summed E-state index contributed by atoms with van der Waals surface area (Å²) in [7, 11) is 0. The smallest absolute Gasteiger partial charge is 0.228 e. The number of hydrogen-bond acceptors (Lipinski definition) is 2. The Balaban J connectivity index is 2.07. The number of carbonyl (C=O) groups excluding carboxylic acids is 1. The van der Waals surface area contributed by atoms with Gasteiger partial charge in [-0.2, -0.15) is 0 Å².